The highest BCUT2D eigenvalue weighted by Gasteiger charge is 2.41. The molecule has 3 N–H and O–H groups in total. The first-order chi connectivity index (χ1) is 10.7. The molecule has 7 heteroatoms. The summed E-state index contributed by atoms with van der Waals surface area (Å²) in [6.07, 6.45) is 5.26. The fraction of sp³-hybridized carbons (Fsp3) is 0.733. The van der Waals surface area contributed by atoms with E-state index < -0.39 is 0 Å². The van der Waals surface area contributed by atoms with Crippen molar-refractivity contribution in [3.8, 4) is 0 Å². The summed E-state index contributed by atoms with van der Waals surface area (Å²) in [5.74, 6) is 2.21. The Bertz CT molecular complexity index is 516. The van der Waals surface area contributed by atoms with Gasteiger partial charge in [-0.15, -0.1) is 11.3 Å². The van der Waals surface area contributed by atoms with Crippen molar-refractivity contribution in [3.63, 3.8) is 0 Å². The number of urea groups is 1. The molecule has 3 rings (SSSR count). The molecule has 6 nitrogen and oxygen atoms in total. The lowest BCUT2D eigenvalue weighted by Gasteiger charge is -2.20. The molecule has 1 aromatic heterocycles. The van der Waals surface area contributed by atoms with Gasteiger partial charge in [0.15, 0.2) is 5.13 Å². The van der Waals surface area contributed by atoms with Gasteiger partial charge in [-0.2, -0.15) is 0 Å². The fourth-order valence-corrected chi connectivity index (χ4v) is 4.61. The number of fused-ring (bicyclic) bond motifs is 2. The molecule has 22 heavy (non-hydrogen) atoms. The highest BCUT2D eigenvalue weighted by atomic mass is 32.1. The average molecular weight is 325 g/mol. The molecule has 2 aliphatic carbocycles. The molecule has 0 radical (unpaired) electrons. The Kier molecular flexibility index (Phi) is 4.95. The Labute approximate surface area is 134 Å². The second kappa shape index (κ2) is 6.93. The van der Waals surface area contributed by atoms with Gasteiger partial charge in [0, 0.05) is 24.4 Å². The lowest BCUT2D eigenvalue weighted by Crippen LogP contribution is -2.38. The van der Waals surface area contributed by atoms with Gasteiger partial charge in [0.25, 0.3) is 0 Å². The van der Waals surface area contributed by atoms with Gasteiger partial charge in [-0.05, 0) is 31.1 Å². The molecule has 0 aromatic carbocycles. The number of amides is 2. The Hall–Kier alpha value is -1.18. The number of thiazole rings is 1. The molecular formula is C15H23N3O3S. The largest absolute Gasteiger partial charge is 0.395 e. The van der Waals surface area contributed by atoms with Crippen molar-refractivity contribution in [2.45, 2.75) is 31.6 Å². The normalized spacial score (nSPS) is 26.4. The van der Waals surface area contributed by atoms with Gasteiger partial charge < -0.3 is 15.1 Å². The lowest BCUT2D eigenvalue weighted by atomic mass is 9.87. The standard InChI is InChI=1S/C15H23N3O3S/c19-5-3-18(4-6-20)15(21)17-14-16-13(9-22-14)12-8-10-1-2-11(12)7-10/h9-12,19-20H,1-8H2,(H,16,17,21). The summed E-state index contributed by atoms with van der Waals surface area (Å²) in [5, 5.41) is 23.4. The van der Waals surface area contributed by atoms with Gasteiger partial charge in [-0.3, -0.25) is 5.32 Å². The monoisotopic (exact) mass is 325 g/mol. The van der Waals surface area contributed by atoms with Crippen LogP contribution in [-0.4, -0.2) is 52.4 Å². The van der Waals surface area contributed by atoms with Crippen LogP contribution in [0, 0.1) is 11.8 Å². The van der Waals surface area contributed by atoms with Gasteiger partial charge >= 0.3 is 6.03 Å². The molecule has 0 spiro atoms. The quantitative estimate of drug-likeness (QED) is 0.745. The smallest absolute Gasteiger partial charge is 0.323 e. The summed E-state index contributed by atoms with van der Waals surface area (Å²) in [6.45, 7) is 0.164. The molecule has 2 amide bonds. The molecule has 122 valence electrons. The van der Waals surface area contributed by atoms with E-state index in [-0.39, 0.29) is 32.3 Å². The van der Waals surface area contributed by atoms with Crippen molar-refractivity contribution in [1.82, 2.24) is 9.88 Å². The zero-order chi connectivity index (χ0) is 15.5. The van der Waals surface area contributed by atoms with Crippen LogP contribution in [0.1, 0.15) is 37.3 Å². The van der Waals surface area contributed by atoms with E-state index in [9.17, 15) is 4.79 Å². The maximum Gasteiger partial charge on any atom is 0.323 e. The van der Waals surface area contributed by atoms with Crippen LogP contribution in [0.4, 0.5) is 9.93 Å². The molecule has 1 aromatic rings. The number of anilines is 1. The van der Waals surface area contributed by atoms with E-state index in [1.807, 2.05) is 0 Å². The lowest BCUT2D eigenvalue weighted by molar-refractivity contribution is 0.167. The number of nitrogens with zero attached hydrogens (tertiary/aromatic N) is 2. The Morgan fingerprint density at radius 1 is 1.32 bits per heavy atom. The Morgan fingerprint density at radius 2 is 2.09 bits per heavy atom. The van der Waals surface area contributed by atoms with Crippen molar-refractivity contribution >= 4 is 22.5 Å². The van der Waals surface area contributed by atoms with Crippen molar-refractivity contribution in [3.05, 3.63) is 11.1 Å². The maximum absolute atomic E-state index is 12.1. The third-order valence-electron chi connectivity index (χ3n) is 4.88. The summed E-state index contributed by atoms with van der Waals surface area (Å²) in [7, 11) is 0. The number of carbonyl (C=O) groups is 1. The third kappa shape index (κ3) is 3.26. The zero-order valence-corrected chi connectivity index (χ0v) is 13.4. The topological polar surface area (TPSA) is 85.7 Å². The zero-order valence-electron chi connectivity index (χ0n) is 12.6. The molecule has 0 aliphatic heterocycles. The number of hydrogen-bond donors (Lipinski definition) is 3. The summed E-state index contributed by atoms with van der Waals surface area (Å²) in [4.78, 5) is 18.1. The van der Waals surface area contributed by atoms with Crippen LogP contribution in [0.25, 0.3) is 0 Å². The molecule has 1 heterocycles. The SMILES string of the molecule is O=C(Nc1nc(C2CC3CCC2C3)cs1)N(CCO)CCO. The van der Waals surface area contributed by atoms with Crippen LogP contribution in [-0.2, 0) is 0 Å². The molecule has 3 atom stereocenters. The molecule has 3 unspecified atom stereocenters. The second-order valence-electron chi connectivity index (χ2n) is 6.22. The van der Waals surface area contributed by atoms with Crippen LogP contribution in [0.15, 0.2) is 5.38 Å². The Morgan fingerprint density at radius 3 is 2.68 bits per heavy atom. The van der Waals surface area contributed by atoms with Crippen molar-refractivity contribution in [2.24, 2.45) is 11.8 Å². The predicted molar refractivity (Wildman–Crippen MR) is 85.1 cm³/mol. The first kappa shape index (κ1) is 15.7. The van der Waals surface area contributed by atoms with E-state index >= 15 is 0 Å². The minimum atomic E-state index is -0.322. The first-order valence-corrected chi connectivity index (χ1v) is 8.82. The minimum Gasteiger partial charge on any atom is -0.395 e. The number of rotatable bonds is 6. The van der Waals surface area contributed by atoms with Crippen LogP contribution in [0.5, 0.6) is 0 Å². The van der Waals surface area contributed by atoms with Gasteiger partial charge in [0.1, 0.15) is 0 Å². The van der Waals surface area contributed by atoms with Crippen molar-refractivity contribution < 1.29 is 15.0 Å². The van der Waals surface area contributed by atoms with Crippen LogP contribution < -0.4 is 5.32 Å². The third-order valence-corrected chi connectivity index (χ3v) is 5.66. The molecule has 2 saturated carbocycles. The van der Waals surface area contributed by atoms with Gasteiger partial charge in [0.05, 0.1) is 18.9 Å². The van der Waals surface area contributed by atoms with Crippen LogP contribution >= 0.6 is 11.3 Å². The van der Waals surface area contributed by atoms with Crippen LogP contribution in [0.3, 0.4) is 0 Å². The van der Waals surface area contributed by atoms with Crippen molar-refractivity contribution in [2.75, 3.05) is 31.6 Å². The molecule has 0 saturated heterocycles. The number of hydrogen-bond acceptors (Lipinski definition) is 5. The number of aliphatic hydroxyl groups is 2. The fourth-order valence-electron chi connectivity index (χ4n) is 3.85. The number of nitrogens with one attached hydrogen (secondary N) is 1. The van der Waals surface area contributed by atoms with Gasteiger partial charge in [-0.1, -0.05) is 6.42 Å². The molecule has 2 aliphatic rings. The van der Waals surface area contributed by atoms with E-state index in [0.717, 1.165) is 17.5 Å². The van der Waals surface area contributed by atoms with E-state index in [1.165, 1.54) is 41.9 Å². The van der Waals surface area contributed by atoms with E-state index in [2.05, 4.69) is 15.7 Å². The molecule has 2 bridgehead atoms. The van der Waals surface area contributed by atoms with Gasteiger partial charge in [-0.25, -0.2) is 9.78 Å². The highest BCUT2D eigenvalue weighted by Crippen LogP contribution is 2.52. The predicted octanol–water partition coefficient (Wildman–Crippen LogP) is 1.87. The number of carbonyl (C=O) groups excluding carboxylic acids is 1. The van der Waals surface area contributed by atoms with Crippen LogP contribution in [0.2, 0.25) is 0 Å². The van der Waals surface area contributed by atoms with E-state index in [0.29, 0.717) is 11.0 Å². The summed E-state index contributed by atoms with van der Waals surface area (Å²) >= 11 is 1.45. The highest BCUT2D eigenvalue weighted by molar-refractivity contribution is 7.13. The average Bonchev–Trinajstić information content (AvgIpc) is 3.22. The summed E-state index contributed by atoms with van der Waals surface area (Å²) in [6, 6.07) is -0.322. The number of aromatic nitrogens is 1. The number of aliphatic hydroxyl groups excluding tert-OH is 2. The summed E-state index contributed by atoms with van der Waals surface area (Å²) in [5.41, 5.74) is 1.11. The van der Waals surface area contributed by atoms with E-state index in [4.69, 9.17) is 10.2 Å². The summed E-state index contributed by atoms with van der Waals surface area (Å²) < 4.78 is 0. The first-order valence-electron chi connectivity index (χ1n) is 7.94. The van der Waals surface area contributed by atoms with Crippen molar-refractivity contribution in [1.29, 1.82) is 0 Å². The Balaban J connectivity index is 1.60. The van der Waals surface area contributed by atoms with Gasteiger partial charge in [0.2, 0.25) is 0 Å². The second-order valence-corrected chi connectivity index (χ2v) is 7.08. The van der Waals surface area contributed by atoms with E-state index in [1.54, 1.807) is 0 Å². The maximum atomic E-state index is 12.1. The molecular weight excluding hydrogens is 302 g/mol. The molecule has 2 fully saturated rings. The minimum absolute atomic E-state index is 0.123.